The van der Waals surface area contributed by atoms with Gasteiger partial charge >= 0.3 is 0 Å². The van der Waals surface area contributed by atoms with Crippen LogP contribution in [0.25, 0.3) is 0 Å². The average Bonchev–Trinajstić information content (AvgIpc) is 2.20. The molecule has 0 bridgehead atoms. The monoisotopic (exact) mass is 272 g/mol. The van der Waals surface area contributed by atoms with Crippen LogP contribution in [0.4, 0.5) is 5.82 Å². The zero-order valence-corrected chi connectivity index (χ0v) is 11.0. The minimum absolute atomic E-state index is 0.373. The van der Waals surface area contributed by atoms with Crippen molar-refractivity contribution in [3.05, 3.63) is 22.3 Å². The Morgan fingerprint density at radius 3 is 2.87 bits per heavy atom. The highest BCUT2D eigenvalue weighted by molar-refractivity contribution is 9.10. The Balaban J connectivity index is 2.53. The standard InChI is InChI=1S/C11H17BrN2O/c1-8(6-7-15-3)13-11-5-4-10(12)9(2)14-11/h4-5,8H,6-7H2,1-3H3,(H,13,14). The van der Waals surface area contributed by atoms with E-state index in [-0.39, 0.29) is 0 Å². The largest absolute Gasteiger partial charge is 0.385 e. The molecule has 0 aliphatic carbocycles. The summed E-state index contributed by atoms with van der Waals surface area (Å²) < 4.78 is 6.06. The SMILES string of the molecule is COCCC(C)Nc1ccc(Br)c(C)n1. The van der Waals surface area contributed by atoms with Gasteiger partial charge in [0.2, 0.25) is 0 Å². The van der Waals surface area contributed by atoms with Crippen molar-refractivity contribution in [3.8, 4) is 0 Å². The second kappa shape index (κ2) is 6.08. The lowest BCUT2D eigenvalue weighted by Crippen LogP contribution is -2.18. The van der Waals surface area contributed by atoms with E-state index in [1.165, 1.54) is 0 Å². The van der Waals surface area contributed by atoms with Gasteiger partial charge in [0, 0.05) is 24.2 Å². The van der Waals surface area contributed by atoms with Gasteiger partial charge in [-0.2, -0.15) is 0 Å². The molecule has 1 aromatic rings. The predicted octanol–water partition coefficient (Wildman–Crippen LogP) is 2.99. The number of rotatable bonds is 5. The smallest absolute Gasteiger partial charge is 0.126 e. The highest BCUT2D eigenvalue weighted by atomic mass is 79.9. The number of aromatic nitrogens is 1. The summed E-state index contributed by atoms with van der Waals surface area (Å²) in [5.41, 5.74) is 0.999. The summed E-state index contributed by atoms with van der Waals surface area (Å²) in [5.74, 6) is 0.916. The van der Waals surface area contributed by atoms with Gasteiger partial charge in [0.1, 0.15) is 5.82 Å². The van der Waals surface area contributed by atoms with Gasteiger partial charge < -0.3 is 10.1 Å². The molecule has 1 aromatic heterocycles. The molecule has 3 nitrogen and oxygen atoms in total. The van der Waals surface area contributed by atoms with Crippen molar-refractivity contribution >= 4 is 21.7 Å². The molecule has 4 heteroatoms. The van der Waals surface area contributed by atoms with Gasteiger partial charge in [-0.3, -0.25) is 0 Å². The second-order valence-electron chi connectivity index (χ2n) is 3.59. The fourth-order valence-corrected chi connectivity index (χ4v) is 1.46. The van der Waals surface area contributed by atoms with Crippen LogP contribution in [0.3, 0.4) is 0 Å². The Kier molecular flexibility index (Phi) is 5.05. The van der Waals surface area contributed by atoms with Crippen LogP contribution in [0.5, 0.6) is 0 Å². The van der Waals surface area contributed by atoms with Crippen LogP contribution in [0.2, 0.25) is 0 Å². The van der Waals surface area contributed by atoms with Crippen LogP contribution in [0.1, 0.15) is 19.0 Å². The maximum Gasteiger partial charge on any atom is 0.126 e. The number of methoxy groups -OCH3 is 1. The van der Waals surface area contributed by atoms with E-state index in [9.17, 15) is 0 Å². The first-order chi connectivity index (χ1) is 7.13. The third kappa shape index (κ3) is 4.18. The summed E-state index contributed by atoms with van der Waals surface area (Å²) in [4.78, 5) is 4.42. The molecule has 1 heterocycles. The van der Waals surface area contributed by atoms with Crippen molar-refractivity contribution in [2.45, 2.75) is 26.3 Å². The van der Waals surface area contributed by atoms with Gasteiger partial charge in [-0.05, 0) is 48.3 Å². The van der Waals surface area contributed by atoms with Crippen LogP contribution in [-0.2, 0) is 4.74 Å². The first-order valence-electron chi connectivity index (χ1n) is 5.02. The van der Waals surface area contributed by atoms with Crippen LogP contribution >= 0.6 is 15.9 Å². The molecular weight excluding hydrogens is 256 g/mol. The number of nitrogens with zero attached hydrogens (tertiary/aromatic N) is 1. The lowest BCUT2D eigenvalue weighted by molar-refractivity contribution is 0.191. The highest BCUT2D eigenvalue weighted by Gasteiger charge is 2.03. The van der Waals surface area contributed by atoms with Crippen molar-refractivity contribution in [1.29, 1.82) is 0 Å². The number of pyridine rings is 1. The third-order valence-corrected chi connectivity index (χ3v) is 3.01. The van der Waals surface area contributed by atoms with E-state index in [2.05, 4.69) is 33.2 Å². The fourth-order valence-electron chi connectivity index (χ4n) is 1.24. The molecule has 0 saturated heterocycles. The molecule has 84 valence electrons. The van der Waals surface area contributed by atoms with Gasteiger partial charge in [0.15, 0.2) is 0 Å². The molecule has 0 fully saturated rings. The van der Waals surface area contributed by atoms with Crippen molar-refractivity contribution in [1.82, 2.24) is 4.98 Å². The molecule has 0 saturated carbocycles. The lowest BCUT2D eigenvalue weighted by atomic mass is 10.2. The van der Waals surface area contributed by atoms with Gasteiger partial charge in [-0.15, -0.1) is 0 Å². The molecule has 1 unspecified atom stereocenters. The Bertz CT molecular complexity index is 317. The molecule has 0 aliphatic rings. The topological polar surface area (TPSA) is 34.1 Å². The molecule has 1 rings (SSSR count). The number of aryl methyl sites for hydroxylation is 1. The van der Waals surface area contributed by atoms with E-state index >= 15 is 0 Å². The highest BCUT2D eigenvalue weighted by Crippen LogP contribution is 2.16. The van der Waals surface area contributed by atoms with E-state index in [4.69, 9.17) is 4.74 Å². The summed E-state index contributed by atoms with van der Waals surface area (Å²) in [5, 5.41) is 3.33. The van der Waals surface area contributed by atoms with E-state index in [0.29, 0.717) is 6.04 Å². The van der Waals surface area contributed by atoms with Crippen molar-refractivity contribution in [2.24, 2.45) is 0 Å². The lowest BCUT2D eigenvalue weighted by Gasteiger charge is -2.14. The maximum atomic E-state index is 5.03. The van der Waals surface area contributed by atoms with Crippen LogP contribution in [-0.4, -0.2) is 24.7 Å². The Hall–Kier alpha value is -0.610. The molecule has 15 heavy (non-hydrogen) atoms. The van der Waals surface area contributed by atoms with Crippen molar-refractivity contribution < 1.29 is 4.74 Å². The summed E-state index contributed by atoms with van der Waals surface area (Å²) in [6.07, 6.45) is 0.979. The molecule has 1 atom stereocenters. The quantitative estimate of drug-likeness (QED) is 0.895. The molecule has 0 spiro atoms. The first kappa shape index (κ1) is 12.5. The molecule has 0 aliphatic heterocycles. The second-order valence-corrected chi connectivity index (χ2v) is 4.44. The third-order valence-electron chi connectivity index (χ3n) is 2.17. The summed E-state index contributed by atoms with van der Waals surface area (Å²) in [6, 6.07) is 4.35. The zero-order chi connectivity index (χ0) is 11.3. The Morgan fingerprint density at radius 2 is 2.27 bits per heavy atom. The van der Waals surface area contributed by atoms with Gasteiger partial charge in [-0.25, -0.2) is 4.98 Å². The van der Waals surface area contributed by atoms with E-state index in [0.717, 1.165) is 29.0 Å². The Labute approximate surface area is 99.4 Å². The molecular formula is C11H17BrN2O. The van der Waals surface area contributed by atoms with Crippen LogP contribution in [0.15, 0.2) is 16.6 Å². The first-order valence-corrected chi connectivity index (χ1v) is 5.81. The molecule has 1 N–H and O–H groups in total. The number of hydrogen-bond donors (Lipinski definition) is 1. The fraction of sp³-hybridized carbons (Fsp3) is 0.545. The van der Waals surface area contributed by atoms with E-state index < -0.39 is 0 Å². The van der Waals surface area contributed by atoms with E-state index in [1.807, 2.05) is 19.1 Å². The molecule has 0 aromatic carbocycles. The number of nitrogens with one attached hydrogen (secondary N) is 1. The van der Waals surface area contributed by atoms with Crippen molar-refractivity contribution in [2.75, 3.05) is 19.0 Å². The van der Waals surface area contributed by atoms with Crippen molar-refractivity contribution in [3.63, 3.8) is 0 Å². The summed E-state index contributed by atoms with van der Waals surface area (Å²) in [6.45, 7) is 4.87. The molecule has 0 radical (unpaired) electrons. The summed E-state index contributed by atoms with van der Waals surface area (Å²) in [7, 11) is 1.72. The van der Waals surface area contributed by atoms with Gasteiger partial charge in [0.05, 0.1) is 5.69 Å². The summed E-state index contributed by atoms with van der Waals surface area (Å²) >= 11 is 3.43. The van der Waals surface area contributed by atoms with Crippen LogP contribution in [0, 0.1) is 6.92 Å². The van der Waals surface area contributed by atoms with Gasteiger partial charge in [0.25, 0.3) is 0 Å². The predicted molar refractivity (Wildman–Crippen MR) is 66.3 cm³/mol. The van der Waals surface area contributed by atoms with Crippen LogP contribution < -0.4 is 5.32 Å². The zero-order valence-electron chi connectivity index (χ0n) is 9.38. The molecule has 0 amide bonds. The average molecular weight is 273 g/mol. The van der Waals surface area contributed by atoms with Gasteiger partial charge in [-0.1, -0.05) is 0 Å². The number of anilines is 1. The number of halogens is 1. The maximum absolute atomic E-state index is 5.03. The number of hydrogen-bond acceptors (Lipinski definition) is 3. The number of ether oxygens (including phenoxy) is 1. The minimum atomic E-state index is 0.373. The Morgan fingerprint density at radius 1 is 1.53 bits per heavy atom. The normalized spacial score (nSPS) is 12.5. The minimum Gasteiger partial charge on any atom is -0.385 e. The van der Waals surface area contributed by atoms with E-state index in [1.54, 1.807) is 7.11 Å².